The summed E-state index contributed by atoms with van der Waals surface area (Å²) >= 11 is 0. The van der Waals surface area contributed by atoms with Gasteiger partial charge >= 0.3 is 0 Å². The van der Waals surface area contributed by atoms with Gasteiger partial charge in [0.2, 0.25) is 0 Å². The van der Waals surface area contributed by atoms with E-state index in [1.807, 2.05) is 32.9 Å². The normalized spacial score (nSPS) is 19.4. The molecule has 2 aliphatic heterocycles. The summed E-state index contributed by atoms with van der Waals surface area (Å²) < 4.78 is 1.65. The van der Waals surface area contributed by atoms with Gasteiger partial charge in [-0.05, 0) is 70.0 Å². The molecule has 4 heterocycles. The first-order valence-electron chi connectivity index (χ1n) is 11.2. The molecule has 2 aliphatic rings. The lowest BCUT2D eigenvalue weighted by Crippen LogP contribution is -2.58. The van der Waals surface area contributed by atoms with Gasteiger partial charge in [-0.25, -0.2) is 4.98 Å². The molecule has 1 unspecified atom stereocenters. The molecular weight excluding hydrogens is 428 g/mol. The lowest BCUT2D eigenvalue weighted by Gasteiger charge is -2.41. The Labute approximate surface area is 197 Å². The van der Waals surface area contributed by atoms with Crippen LogP contribution in [-0.4, -0.2) is 42.9 Å². The van der Waals surface area contributed by atoms with Crippen LogP contribution in [0.2, 0.25) is 0 Å². The van der Waals surface area contributed by atoms with Crippen LogP contribution in [0, 0.1) is 27.7 Å². The number of rotatable bonds is 3. The first kappa shape index (κ1) is 21.8. The minimum absolute atomic E-state index is 0.0283. The SMILES string of the molecule is Cc1cc(C)c2nc(-n3nc(C)cc3NC(=O)C3(C)CC(=O)N=C4C=CC=CN43)cc(C)c2c1. The van der Waals surface area contributed by atoms with Crippen LogP contribution < -0.4 is 5.32 Å². The van der Waals surface area contributed by atoms with Crippen molar-refractivity contribution in [2.24, 2.45) is 4.99 Å². The average Bonchev–Trinajstić information content (AvgIpc) is 3.14. The molecule has 0 saturated carbocycles. The number of aryl methyl sites for hydroxylation is 4. The summed E-state index contributed by atoms with van der Waals surface area (Å²) in [5, 5.41) is 8.70. The summed E-state index contributed by atoms with van der Waals surface area (Å²) in [6.07, 6.45) is 7.08. The molecule has 34 heavy (non-hydrogen) atoms. The molecule has 1 atom stereocenters. The highest BCUT2D eigenvalue weighted by atomic mass is 16.2. The zero-order chi connectivity index (χ0) is 24.2. The molecule has 1 aromatic carbocycles. The number of benzene rings is 1. The molecule has 0 aliphatic carbocycles. The van der Waals surface area contributed by atoms with Gasteiger partial charge in [0.1, 0.15) is 17.2 Å². The van der Waals surface area contributed by atoms with Crippen LogP contribution in [0.5, 0.6) is 0 Å². The molecule has 0 bridgehead atoms. The Morgan fingerprint density at radius 1 is 1.06 bits per heavy atom. The minimum Gasteiger partial charge on any atom is -0.317 e. The molecule has 5 rings (SSSR count). The van der Waals surface area contributed by atoms with E-state index in [1.54, 1.807) is 40.9 Å². The van der Waals surface area contributed by atoms with Crippen molar-refractivity contribution in [1.29, 1.82) is 0 Å². The molecule has 0 fully saturated rings. The standard InChI is InChI=1S/C26H26N6O2/c1-15-10-17(3)24-19(11-15)16(2)12-21(28-24)32-22(13-18(4)30-32)29-25(34)26(5)14-23(33)27-20-8-6-7-9-31(20)26/h6-13H,14H2,1-5H3,(H,29,34). The highest BCUT2D eigenvalue weighted by molar-refractivity contribution is 6.11. The maximum absolute atomic E-state index is 13.6. The molecule has 3 aromatic rings. The maximum atomic E-state index is 13.6. The molecule has 172 valence electrons. The van der Waals surface area contributed by atoms with Crippen molar-refractivity contribution < 1.29 is 9.59 Å². The van der Waals surface area contributed by atoms with E-state index in [1.165, 1.54) is 5.56 Å². The number of hydrogen-bond acceptors (Lipinski definition) is 5. The van der Waals surface area contributed by atoms with Crippen LogP contribution in [0.25, 0.3) is 16.7 Å². The van der Waals surface area contributed by atoms with Crippen LogP contribution in [0.1, 0.15) is 35.7 Å². The Hall–Kier alpha value is -4.07. The van der Waals surface area contributed by atoms with Crippen molar-refractivity contribution in [2.75, 3.05) is 5.32 Å². The number of anilines is 1. The molecule has 8 heteroatoms. The number of amides is 2. The van der Waals surface area contributed by atoms with Gasteiger partial charge in [-0.3, -0.25) is 9.59 Å². The van der Waals surface area contributed by atoms with Crippen LogP contribution in [0.15, 0.2) is 53.7 Å². The quantitative estimate of drug-likeness (QED) is 0.644. The molecule has 8 nitrogen and oxygen atoms in total. The zero-order valence-electron chi connectivity index (χ0n) is 19.9. The first-order chi connectivity index (χ1) is 16.2. The Morgan fingerprint density at radius 2 is 1.85 bits per heavy atom. The van der Waals surface area contributed by atoms with E-state index in [-0.39, 0.29) is 18.2 Å². The van der Waals surface area contributed by atoms with E-state index in [0.29, 0.717) is 17.5 Å². The molecular formula is C26H26N6O2. The van der Waals surface area contributed by atoms with Crippen molar-refractivity contribution >= 4 is 34.4 Å². The number of aliphatic imine (C=N–C) groups is 1. The molecule has 0 spiro atoms. The number of carbonyl (C=O) groups excluding carboxylic acids is 2. The van der Waals surface area contributed by atoms with E-state index in [0.717, 1.165) is 27.7 Å². The summed E-state index contributed by atoms with van der Waals surface area (Å²) in [5.41, 5.74) is 3.86. The number of allylic oxidation sites excluding steroid dienone is 2. The van der Waals surface area contributed by atoms with E-state index in [9.17, 15) is 9.59 Å². The van der Waals surface area contributed by atoms with Crippen molar-refractivity contribution in [1.82, 2.24) is 19.7 Å². The number of carbonyl (C=O) groups is 2. The van der Waals surface area contributed by atoms with E-state index >= 15 is 0 Å². The predicted molar refractivity (Wildman–Crippen MR) is 132 cm³/mol. The van der Waals surface area contributed by atoms with Gasteiger partial charge in [-0.2, -0.15) is 14.8 Å². The topological polar surface area (TPSA) is 92.5 Å². The van der Waals surface area contributed by atoms with Crippen molar-refractivity contribution in [2.45, 2.75) is 46.6 Å². The third-order valence-corrected chi connectivity index (χ3v) is 6.33. The van der Waals surface area contributed by atoms with Gasteiger partial charge in [0.15, 0.2) is 5.82 Å². The second-order valence-electron chi connectivity index (χ2n) is 9.20. The van der Waals surface area contributed by atoms with Gasteiger partial charge in [-0.1, -0.05) is 17.7 Å². The van der Waals surface area contributed by atoms with E-state index in [4.69, 9.17) is 4.98 Å². The van der Waals surface area contributed by atoms with Gasteiger partial charge in [0, 0.05) is 17.7 Å². The largest absolute Gasteiger partial charge is 0.317 e. The molecule has 0 saturated heterocycles. The Kier molecular flexibility index (Phi) is 4.97. The fraction of sp³-hybridized carbons (Fsp3) is 0.269. The van der Waals surface area contributed by atoms with Crippen LogP contribution in [-0.2, 0) is 9.59 Å². The monoisotopic (exact) mass is 454 g/mol. The summed E-state index contributed by atoms with van der Waals surface area (Å²) in [6, 6.07) is 8.01. The number of hydrogen-bond donors (Lipinski definition) is 1. The maximum Gasteiger partial charge on any atom is 0.252 e. The van der Waals surface area contributed by atoms with Gasteiger partial charge < -0.3 is 10.2 Å². The number of pyridine rings is 1. The molecule has 0 radical (unpaired) electrons. The fourth-order valence-electron chi connectivity index (χ4n) is 4.63. The first-order valence-corrected chi connectivity index (χ1v) is 11.2. The number of nitrogens with one attached hydrogen (secondary N) is 1. The number of amidine groups is 1. The zero-order valence-corrected chi connectivity index (χ0v) is 19.9. The highest BCUT2D eigenvalue weighted by Gasteiger charge is 2.45. The van der Waals surface area contributed by atoms with Crippen molar-refractivity contribution in [3.8, 4) is 5.82 Å². The lowest BCUT2D eigenvalue weighted by molar-refractivity contribution is -0.130. The summed E-state index contributed by atoms with van der Waals surface area (Å²) in [6.45, 7) is 9.78. The highest BCUT2D eigenvalue weighted by Crippen LogP contribution is 2.30. The molecule has 2 aromatic heterocycles. The van der Waals surface area contributed by atoms with Gasteiger partial charge in [0.05, 0.1) is 17.6 Å². The number of fused-ring (bicyclic) bond motifs is 2. The molecule has 1 N–H and O–H groups in total. The van der Waals surface area contributed by atoms with Crippen LogP contribution in [0.4, 0.5) is 5.82 Å². The summed E-state index contributed by atoms with van der Waals surface area (Å²) in [7, 11) is 0. The van der Waals surface area contributed by atoms with E-state index < -0.39 is 5.54 Å². The van der Waals surface area contributed by atoms with E-state index in [2.05, 4.69) is 34.5 Å². The fourth-order valence-corrected chi connectivity index (χ4v) is 4.63. The van der Waals surface area contributed by atoms with Crippen molar-refractivity contribution in [3.63, 3.8) is 0 Å². The number of nitrogens with zero attached hydrogens (tertiary/aromatic N) is 5. The van der Waals surface area contributed by atoms with Gasteiger partial charge in [0.25, 0.3) is 11.8 Å². The predicted octanol–water partition coefficient (Wildman–Crippen LogP) is 4.07. The average molecular weight is 455 g/mol. The molecule has 2 amide bonds. The van der Waals surface area contributed by atoms with Crippen LogP contribution in [0.3, 0.4) is 0 Å². The van der Waals surface area contributed by atoms with Crippen LogP contribution >= 0.6 is 0 Å². The second-order valence-corrected chi connectivity index (χ2v) is 9.20. The lowest BCUT2D eigenvalue weighted by atomic mass is 9.91. The Balaban J connectivity index is 1.54. The Morgan fingerprint density at radius 3 is 2.65 bits per heavy atom. The summed E-state index contributed by atoms with van der Waals surface area (Å²) in [5.74, 6) is 0.921. The van der Waals surface area contributed by atoms with Crippen molar-refractivity contribution in [3.05, 3.63) is 71.1 Å². The van der Waals surface area contributed by atoms with Gasteiger partial charge in [-0.15, -0.1) is 0 Å². The summed E-state index contributed by atoms with van der Waals surface area (Å²) in [4.78, 5) is 36.6. The minimum atomic E-state index is -1.13. The Bertz CT molecular complexity index is 1460. The second kappa shape index (κ2) is 7.76. The smallest absolute Gasteiger partial charge is 0.252 e. The third kappa shape index (κ3) is 3.51. The third-order valence-electron chi connectivity index (χ3n) is 6.33. The number of aromatic nitrogens is 3.